The van der Waals surface area contributed by atoms with Crippen LogP contribution in [-0.4, -0.2) is 0 Å². The molecule has 3 aliphatic rings. The highest BCUT2D eigenvalue weighted by atomic mass is 14.5. The van der Waals surface area contributed by atoms with E-state index in [2.05, 4.69) is 31.2 Å². The summed E-state index contributed by atoms with van der Waals surface area (Å²) < 4.78 is 0. The summed E-state index contributed by atoms with van der Waals surface area (Å²) in [5.74, 6) is 6.00. The molecule has 0 atom stereocenters. The predicted molar refractivity (Wildman–Crippen MR) is 112 cm³/mol. The summed E-state index contributed by atoms with van der Waals surface area (Å²) in [6.07, 6.45) is 17.9. The van der Waals surface area contributed by atoms with Crippen LogP contribution in [0.1, 0.15) is 95.5 Å². The molecular formula is C25H39N. The summed E-state index contributed by atoms with van der Waals surface area (Å²) in [6, 6.07) is 8.68. The van der Waals surface area contributed by atoms with Gasteiger partial charge in [0.2, 0.25) is 0 Å². The van der Waals surface area contributed by atoms with Gasteiger partial charge in [-0.15, -0.1) is 0 Å². The SMILES string of the molecule is CC1CCC(C2CCC(C3CCC(c4ccc(N)cc4)CC3)CC2)CC1. The lowest BCUT2D eigenvalue weighted by atomic mass is 9.65. The topological polar surface area (TPSA) is 26.0 Å². The van der Waals surface area contributed by atoms with Gasteiger partial charge in [-0.2, -0.15) is 0 Å². The number of hydrogen-bond donors (Lipinski definition) is 1. The van der Waals surface area contributed by atoms with Crippen LogP contribution in [0.5, 0.6) is 0 Å². The molecular weight excluding hydrogens is 314 g/mol. The highest BCUT2D eigenvalue weighted by molar-refractivity contribution is 5.40. The van der Waals surface area contributed by atoms with Crippen molar-refractivity contribution in [1.82, 2.24) is 0 Å². The summed E-state index contributed by atoms with van der Waals surface area (Å²) in [4.78, 5) is 0. The molecule has 0 radical (unpaired) electrons. The fraction of sp³-hybridized carbons (Fsp3) is 0.760. The molecule has 1 heteroatoms. The third-order valence-electron chi connectivity index (χ3n) is 8.39. The molecule has 3 fully saturated rings. The average Bonchev–Trinajstić information content (AvgIpc) is 2.70. The van der Waals surface area contributed by atoms with Crippen LogP contribution < -0.4 is 5.73 Å². The van der Waals surface area contributed by atoms with Gasteiger partial charge in [0, 0.05) is 5.69 Å². The maximum absolute atomic E-state index is 5.85. The van der Waals surface area contributed by atoms with Crippen LogP contribution >= 0.6 is 0 Å². The molecule has 0 spiro atoms. The Kier molecular flexibility index (Phi) is 5.91. The summed E-state index contributed by atoms with van der Waals surface area (Å²) in [7, 11) is 0. The fourth-order valence-electron chi connectivity index (χ4n) is 6.54. The van der Waals surface area contributed by atoms with Crippen LogP contribution in [0.2, 0.25) is 0 Å². The molecule has 1 aromatic carbocycles. The lowest BCUT2D eigenvalue weighted by Crippen LogP contribution is -2.29. The molecule has 2 N–H and O–H groups in total. The molecule has 0 amide bonds. The van der Waals surface area contributed by atoms with Gasteiger partial charge >= 0.3 is 0 Å². The zero-order valence-electron chi connectivity index (χ0n) is 16.8. The van der Waals surface area contributed by atoms with E-state index < -0.39 is 0 Å². The normalized spacial score (nSPS) is 38.8. The Hall–Kier alpha value is -0.980. The van der Waals surface area contributed by atoms with E-state index in [0.29, 0.717) is 0 Å². The number of nitrogen functional groups attached to an aromatic ring is 1. The minimum atomic E-state index is 0.785. The van der Waals surface area contributed by atoms with E-state index in [1.54, 1.807) is 12.8 Å². The molecule has 0 unspecified atom stereocenters. The van der Waals surface area contributed by atoms with Gasteiger partial charge in [-0.05, 0) is 117 Å². The van der Waals surface area contributed by atoms with E-state index in [1.807, 2.05) is 0 Å². The van der Waals surface area contributed by atoms with Gasteiger partial charge in [0.1, 0.15) is 0 Å². The molecule has 4 rings (SSSR count). The van der Waals surface area contributed by atoms with Crippen molar-refractivity contribution in [2.75, 3.05) is 5.73 Å². The number of rotatable bonds is 3. The monoisotopic (exact) mass is 353 g/mol. The van der Waals surface area contributed by atoms with Crippen molar-refractivity contribution < 1.29 is 0 Å². The maximum atomic E-state index is 5.85. The third-order valence-corrected chi connectivity index (χ3v) is 8.39. The maximum Gasteiger partial charge on any atom is 0.0314 e. The third kappa shape index (κ3) is 4.29. The Morgan fingerprint density at radius 2 is 0.962 bits per heavy atom. The van der Waals surface area contributed by atoms with E-state index in [9.17, 15) is 0 Å². The Morgan fingerprint density at radius 1 is 0.577 bits per heavy atom. The number of hydrogen-bond acceptors (Lipinski definition) is 1. The zero-order chi connectivity index (χ0) is 17.9. The number of anilines is 1. The van der Waals surface area contributed by atoms with Crippen molar-refractivity contribution in [3.8, 4) is 0 Å². The van der Waals surface area contributed by atoms with Crippen LogP contribution in [0, 0.1) is 29.6 Å². The Bertz CT molecular complexity index is 538. The lowest BCUT2D eigenvalue weighted by molar-refractivity contribution is 0.112. The predicted octanol–water partition coefficient (Wildman–Crippen LogP) is 7.18. The zero-order valence-corrected chi connectivity index (χ0v) is 16.8. The second-order valence-electron chi connectivity index (χ2n) is 9.97. The first kappa shape index (κ1) is 18.4. The van der Waals surface area contributed by atoms with E-state index in [4.69, 9.17) is 5.73 Å². The van der Waals surface area contributed by atoms with Crippen molar-refractivity contribution in [3.63, 3.8) is 0 Å². The van der Waals surface area contributed by atoms with E-state index in [1.165, 1.54) is 69.8 Å². The quantitative estimate of drug-likeness (QED) is 0.572. The van der Waals surface area contributed by atoms with Crippen molar-refractivity contribution in [2.45, 2.75) is 89.9 Å². The standard InChI is InChI=1S/C25H39N/c1-18-2-4-19(5-3-18)20-6-8-21(9-7-20)22-10-12-23(13-11-22)24-14-16-25(26)17-15-24/h14-23H,2-13,26H2,1H3. The Labute approximate surface area is 161 Å². The molecule has 0 saturated heterocycles. The lowest BCUT2D eigenvalue weighted by Gasteiger charge is -2.41. The summed E-state index contributed by atoms with van der Waals surface area (Å²) in [6.45, 7) is 2.45. The highest BCUT2D eigenvalue weighted by Gasteiger charge is 2.34. The Morgan fingerprint density at radius 3 is 1.42 bits per heavy atom. The number of benzene rings is 1. The molecule has 1 nitrogen and oxygen atoms in total. The second kappa shape index (κ2) is 8.36. The first-order chi connectivity index (χ1) is 12.7. The van der Waals surface area contributed by atoms with Crippen molar-refractivity contribution in [3.05, 3.63) is 29.8 Å². The molecule has 26 heavy (non-hydrogen) atoms. The van der Waals surface area contributed by atoms with Gasteiger partial charge in [-0.3, -0.25) is 0 Å². The van der Waals surface area contributed by atoms with Crippen LogP contribution in [0.3, 0.4) is 0 Å². The molecule has 0 heterocycles. The fourth-order valence-corrected chi connectivity index (χ4v) is 6.54. The van der Waals surface area contributed by atoms with Gasteiger partial charge in [0.15, 0.2) is 0 Å². The Balaban J connectivity index is 1.23. The second-order valence-corrected chi connectivity index (χ2v) is 9.97. The van der Waals surface area contributed by atoms with Crippen molar-refractivity contribution >= 4 is 5.69 Å². The smallest absolute Gasteiger partial charge is 0.0314 e. The van der Waals surface area contributed by atoms with Gasteiger partial charge < -0.3 is 5.73 Å². The first-order valence-corrected chi connectivity index (χ1v) is 11.5. The number of nitrogens with two attached hydrogens (primary N) is 1. The largest absolute Gasteiger partial charge is 0.399 e. The van der Waals surface area contributed by atoms with E-state index in [0.717, 1.165) is 41.2 Å². The molecule has 0 aromatic heterocycles. The van der Waals surface area contributed by atoms with E-state index in [-0.39, 0.29) is 0 Å². The van der Waals surface area contributed by atoms with Gasteiger partial charge in [-0.1, -0.05) is 31.9 Å². The molecule has 1 aromatic rings. The average molecular weight is 354 g/mol. The molecule has 0 bridgehead atoms. The van der Waals surface area contributed by atoms with Crippen LogP contribution in [-0.2, 0) is 0 Å². The van der Waals surface area contributed by atoms with Gasteiger partial charge in [0.05, 0.1) is 0 Å². The van der Waals surface area contributed by atoms with Crippen molar-refractivity contribution in [2.24, 2.45) is 29.6 Å². The highest BCUT2D eigenvalue weighted by Crippen LogP contribution is 2.47. The van der Waals surface area contributed by atoms with Crippen LogP contribution in [0.25, 0.3) is 0 Å². The van der Waals surface area contributed by atoms with Crippen LogP contribution in [0.4, 0.5) is 5.69 Å². The van der Waals surface area contributed by atoms with Crippen LogP contribution in [0.15, 0.2) is 24.3 Å². The summed E-state index contributed by atoms with van der Waals surface area (Å²) in [5, 5.41) is 0. The van der Waals surface area contributed by atoms with Gasteiger partial charge in [0.25, 0.3) is 0 Å². The molecule has 0 aliphatic heterocycles. The molecule has 144 valence electrons. The minimum Gasteiger partial charge on any atom is -0.399 e. The summed E-state index contributed by atoms with van der Waals surface area (Å²) in [5.41, 5.74) is 8.26. The summed E-state index contributed by atoms with van der Waals surface area (Å²) >= 11 is 0. The van der Waals surface area contributed by atoms with Gasteiger partial charge in [-0.25, -0.2) is 0 Å². The van der Waals surface area contributed by atoms with Crippen molar-refractivity contribution in [1.29, 1.82) is 0 Å². The van der Waals surface area contributed by atoms with E-state index >= 15 is 0 Å². The minimum absolute atomic E-state index is 0.785. The first-order valence-electron chi connectivity index (χ1n) is 11.5. The molecule has 3 aliphatic carbocycles. The molecule has 3 saturated carbocycles.